The average molecular weight is 189 g/mol. The molecule has 14 heavy (non-hydrogen) atoms. The van der Waals surface area contributed by atoms with Crippen LogP contribution < -0.4 is 5.32 Å². The predicted octanol–water partition coefficient (Wildman–Crippen LogP) is 1.66. The van der Waals surface area contributed by atoms with Crippen LogP contribution in [0.15, 0.2) is 24.3 Å². The summed E-state index contributed by atoms with van der Waals surface area (Å²) in [5, 5.41) is 3.54. The van der Waals surface area contributed by atoms with Gasteiger partial charge in [-0.3, -0.25) is 0 Å². The Morgan fingerprint density at radius 2 is 2.21 bits per heavy atom. The lowest BCUT2D eigenvalue weighted by atomic mass is 9.85. The van der Waals surface area contributed by atoms with Gasteiger partial charge in [-0.2, -0.15) is 0 Å². The van der Waals surface area contributed by atoms with Crippen molar-refractivity contribution < 1.29 is 4.74 Å². The summed E-state index contributed by atoms with van der Waals surface area (Å²) in [4.78, 5) is 0. The molecule has 1 aliphatic carbocycles. The van der Waals surface area contributed by atoms with Gasteiger partial charge in [0, 0.05) is 12.6 Å². The van der Waals surface area contributed by atoms with Gasteiger partial charge in [0.2, 0.25) is 0 Å². The molecule has 0 saturated carbocycles. The van der Waals surface area contributed by atoms with E-state index in [-0.39, 0.29) is 0 Å². The highest BCUT2D eigenvalue weighted by Gasteiger charge is 2.31. The van der Waals surface area contributed by atoms with Gasteiger partial charge in [0.1, 0.15) is 0 Å². The van der Waals surface area contributed by atoms with Crippen molar-refractivity contribution in [3.05, 3.63) is 35.4 Å². The van der Waals surface area contributed by atoms with Crippen molar-refractivity contribution in [3.63, 3.8) is 0 Å². The number of fused-ring (bicyclic) bond motifs is 3. The minimum atomic E-state index is 0.300. The number of hydrogen-bond donors (Lipinski definition) is 1. The lowest BCUT2D eigenvalue weighted by molar-refractivity contribution is -0.0127. The predicted molar refractivity (Wildman–Crippen MR) is 55.2 cm³/mol. The summed E-state index contributed by atoms with van der Waals surface area (Å²) in [6.07, 6.45) is 2.70. The zero-order valence-corrected chi connectivity index (χ0v) is 8.20. The van der Waals surface area contributed by atoms with E-state index in [9.17, 15) is 0 Å². The van der Waals surface area contributed by atoms with Crippen LogP contribution in [0.25, 0.3) is 0 Å². The Bertz CT molecular complexity index is 337. The van der Waals surface area contributed by atoms with Crippen molar-refractivity contribution in [1.82, 2.24) is 5.32 Å². The molecule has 2 atom stereocenters. The second-order valence-electron chi connectivity index (χ2n) is 4.09. The SMILES string of the molecule is c1ccc2c(c1)CC[C@@H]1NCCO[C@H]21. The van der Waals surface area contributed by atoms with Crippen molar-refractivity contribution in [2.75, 3.05) is 13.2 Å². The molecule has 74 valence electrons. The summed E-state index contributed by atoms with van der Waals surface area (Å²) in [5.74, 6) is 0. The van der Waals surface area contributed by atoms with Crippen LogP contribution in [-0.2, 0) is 11.2 Å². The first kappa shape index (κ1) is 8.45. The zero-order chi connectivity index (χ0) is 9.38. The number of hydrogen-bond acceptors (Lipinski definition) is 2. The second-order valence-corrected chi connectivity index (χ2v) is 4.09. The topological polar surface area (TPSA) is 21.3 Å². The highest BCUT2D eigenvalue weighted by molar-refractivity contribution is 5.33. The molecule has 0 unspecified atom stereocenters. The molecule has 0 aromatic heterocycles. The van der Waals surface area contributed by atoms with Gasteiger partial charge < -0.3 is 10.1 Å². The molecule has 0 amide bonds. The lowest BCUT2D eigenvalue weighted by Gasteiger charge is -2.37. The second kappa shape index (κ2) is 3.37. The number of aryl methyl sites for hydroxylation is 1. The molecular formula is C12H15NO. The van der Waals surface area contributed by atoms with Gasteiger partial charge in [0.05, 0.1) is 12.7 Å². The summed E-state index contributed by atoms with van der Waals surface area (Å²) < 4.78 is 5.85. The average Bonchev–Trinajstić information content (AvgIpc) is 2.29. The lowest BCUT2D eigenvalue weighted by Crippen LogP contribution is -2.45. The van der Waals surface area contributed by atoms with Gasteiger partial charge in [-0.05, 0) is 24.0 Å². The van der Waals surface area contributed by atoms with E-state index in [4.69, 9.17) is 4.74 Å². The third kappa shape index (κ3) is 1.26. The molecular weight excluding hydrogens is 174 g/mol. The van der Waals surface area contributed by atoms with Gasteiger partial charge in [-0.1, -0.05) is 24.3 Å². The van der Waals surface area contributed by atoms with E-state index in [2.05, 4.69) is 29.6 Å². The Hall–Kier alpha value is -0.860. The fourth-order valence-electron chi connectivity index (χ4n) is 2.56. The summed E-state index contributed by atoms with van der Waals surface area (Å²) in [7, 11) is 0. The van der Waals surface area contributed by atoms with Crippen LogP contribution in [0.5, 0.6) is 0 Å². The van der Waals surface area contributed by atoms with E-state index in [1.165, 1.54) is 24.0 Å². The fourth-order valence-corrected chi connectivity index (χ4v) is 2.56. The molecule has 2 heteroatoms. The van der Waals surface area contributed by atoms with Crippen LogP contribution in [-0.4, -0.2) is 19.2 Å². The molecule has 3 rings (SSSR count). The Kier molecular flexibility index (Phi) is 2.03. The normalized spacial score (nSPS) is 30.6. The number of rotatable bonds is 0. The molecule has 2 nitrogen and oxygen atoms in total. The highest BCUT2D eigenvalue weighted by atomic mass is 16.5. The maximum atomic E-state index is 5.85. The van der Waals surface area contributed by atoms with E-state index in [1.54, 1.807) is 0 Å². The van der Waals surface area contributed by atoms with Gasteiger partial charge in [0.15, 0.2) is 0 Å². The third-order valence-electron chi connectivity index (χ3n) is 3.26. The van der Waals surface area contributed by atoms with Crippen molar-refractivity contribution in [2.45, 2.75) is 25.0 Å². The molecule has 1 aliphatic heterocycles. The van der Waals surface area contributed by atoms with Gasteiger partial charge >= 0.3 is 0 Å². The minimum absolute atomic E-state index is 0.300. The van der Waals surface area contributed by atoms with Crippen molar-refractivity contribution in [2.24, 2.45) is 0 Å². The maximum absolute atomic E-state index is 5.85. The maximum Gasteiger partial charge on any atom is 0.0981 e. The van der Waals surface area contributed by atoms with Crippen molar-refractivity contribution in [1.29, 1.82) is 0 Å². The Labute approximate surface area is 84.3 Å². The van der Waals surface area contributed by atoms with Gasteiger partial charge in [-0.25, -0.2) is 0 Å². The van der Waals surface area contributed by atoms with Crippen LogP contribution in [0, 0.1) is 0 Å². The number of nitrogens with one attached hydrogen (secondary N) is 1. The molecule has 1 heterocycles. The molecule has 2 aliphatic rings. The summed E-state index contributed by atoms with van der Waals surface area (Å²) in [5.41, 5.74) is 2.87. The molecule has 0 bridgehead atoms. The van der Waals surface area contributed by atoms with E-state index in [0.717, 1.165) is 13.2 Å². The van der Waals surface area contributed by atoms with Crippen LogP contribution in [0.1, 0.15) is 23.7 Å². The van der Waals surface area contributed by atoms with Crippen molar-refractivity contribution in [3.8, 4) is 0 Å². The van der Waals surface area contributed by atoms with E-state index in [0.29, 0.717) is 12.1 Å². The zero-order valence-electron chi connectivity index (χ0n) is 8.20. The molecule has 1 aromatic rings. The Morgan fingerprint density at radius 3 is 3.21 bits per heavy atom. The summed E-state index contributed by atoms with van der Waals surface area (Å²) >= 11 is 0. The summed E-state index contributed by atoms with van der Waals surface area (Å²) in [6.45, 7) is 1.85. The first-order valence-corrected chi connectivity index (χ1v) is 5.38. The van der Waals surface area contributed by atoms with Gasteiger partial charge in [0.25, 0.3) is 0 Å². The first-order chi connectivity index (χ1) is 6.95. The monoisotopic (exact) mass is 189 g/mol. The Morgan fingerprint density at radius 1 is 1.29 bits per heavy atom. The molecule has 1 aromatic carbocycles. The number of benzene rings is 1. The van der Waals surface area contributed by atoms with E-state index in [1.807, 2.05) is 0 Å². The van der Waals surface area contributed by atoms with Crippen LogP contribution >= 0.6 is 0 Å². The quantitative estimate of drug-likeness (QED) is 0.670. The molecule has 0 radical (unpaired) electrons. The molecule has 1 N–H and O–H groups in total. The van der Waals surface area contributed by atoms with Crippen LogP contribution in [0.2, 0.25) is 0 Å². The number of ether oxygens (including phenoxy) is 1. The standard InChI is InChI=1S/C12H15NO/c1-2-4-10-9(3-1)5-6-11-12(10)14-8-7-13-11/h1-4,11-13H,5-8H2/t11-,12+/m0/s1. The minimum Gasteiger partial charge on any atom is -0.371 e. The molecule has 1 fully saturated rings. The van der Waals surface area contributed by atoms with Crippen molar-refractivity contribution >= 4 is 0 Å². The first-order valence-electron chi connectivity index (χ1n) is 5.38. The Balaban J connectivity index is 1.99. The largest absolute Gasteiger partial charge is 0.371 e. The molecule has 0 spiro atoms. The third-order valence-corrected chi connectivity index (χ3v) is 3.26. The highest BCUT2D eigenvalue weighted by Crippen LogP contribution is 2.33. The van der Waals surface area contributed by atoms with Crippen LogP contribution in [0.4, 0.5) is 0 Å². The van der Waals surface area contributed by atoms with E-state index < -0.39 is 0 Å². The van der Waals surface area contributed by atoms with Gasteiger partial charge in [-0.15, -0.1) is 0 Å². The van der Waals surface area contributed by atoms with Crippen LogP contribution in [0.3, 0.4) is 0 Å². The smallest absolute Gasteiger partial charge is 0.0981 e. The summed E-state index contributed by atoms with van der Waals surface area (Å²) in [6, 6.07) is 9.20. The fraction of sp³-hybridized carbons (Fsp3) is 0.500. The van der Waals surface area contributed by atoms with E-state index >= 15 is 0 Å². The molecule has 1 saturated heterocycles. The number of morpholine rings is 1.